The number of hydrogen-bond acceptors (Lipinski definition) is 5. The molecular formula is C22H24N4O3. The van der Waals surface area contributed by atoms with Crippen molar-refractivity contribution in [1.29, 1.82) is 0 Å². The number of carbonyl (C=O) groups excluding carboxylic acids is 1. The molecule has 0 bridgehead atoms. The number of nitrogens with one attached hydrogen (secondary N) is 2. The van der Waals surface area contributed by atoms with Crippen molar-refractivity contribution in [2.75, 3.05) is 38.2 Å². The number of benzene rings is 2. The molecule has 0 spiro atoms. The molecule has 7 nitrogen and oxygen atoms in total. The Hall–Kier alpha value is -3.06. The van der Waals surface area contributed by atoms with Gasteiger partial charge in [0.1, 0.15) is 19.0 Å². The number of imidazole rings is 1. The maximum absolute atomic E-state index is 12.6. The lowest BCUT2D eigenvalue weighted by Gasteiger charge is -2.31. The SMILES string of the molecule is O=C(CN1CCCC(c2nc3ccccc3[nH]2)C1)Nc1ccc2c(c1)OCCO2. The summed E-state index contributed by atoms with van der Waals surface area (Å²) in [5.41, 5.74) is 2.79. The van der Waals surface area contributed by atoms with Gasteiger partial charge < -0.3 is 19.8 Å². The summed E-state index contributed by atoms with van der Waals surface area (Å²) >= 11 is 0. The summed E-state index contributed by atoms with van der Waals surface area (Å²) in [7, 11) is 0. The Morgan fingerprint density at radius 2 is 2.03 bits per heavy atom. The molecule has 1 atom stereocenters. The van der Waals surface area contributed by atoms with Crippen LogP contribution in [0.25, 0.3) is 11.0 Å². The summed E-state index contributed by atoms with van der Waals surface area (Å²) in [5, 5.41) is 2.98. The molecule has 3 aromatic rings. The number of piperidine rings is 1. The highest BCUT2D eigenvalue weighted by atomic mass is 16.6. The number of aromatic amines is 1. The van der Waals surface area contributed by atoms with Gasteiger partial charge in [0.25, 0.3) is 0 Å². The van der Waals surface area contributed by atoms with Crippen LogP contribution in [0, 0.1) is 0 Å². The van der Waals surface area contributed by atoms with Crippen LogP contribution in [0.2, 0.25) is 0 Å². The second kappa shape index (κ2) is 7.75. The Morgan fingerprint density at radius 1 is 1.17 bits per heavy atom. The number of anilines is 1. The molecular weight excluding hydrogens is 368 g/mol. The number of H-pyrrole nitrogens is 1. The third kappa shape index (κ3) is 3.91. The lowest BCUT2D eigenvalue weighted by Crippen LogP contribution is -2.40. The van der Waals surface area contributed by atoms with Gasteiger partial charge in [-0.1, -0.05) is 12.1 Å². The Morgan fingerprint density at radius 3 is 2.93 bits per heavy atom. The highest BCUT2D eigenvalue weighted by molar-refractivity contribution is 5.92. The van der Waals surface area contributed by atoms with Crippen LogP contribution in [0.4, 0.5) is 5.69 Å². The number of carbonyl (C=O) groups is 1. The average Bonchev–Trinajstić information content (AvgIpc) is 3.18. The predicted molar refractivity (Wildman–Crippen MR) is 111 cm³/mol. The van der Waals surface area contributed by atoms with E-state index < -0.39 is 0 Å². The van der Waals surface area contributed by atoms with Crippen molar-refractivity contribution in [3.05, 3.63) is 48.3 Å². The number of amides is 1. The van der Waals surface area contributed by atoms with Gasteiger partial charge in [0.15, 0.2) is 11.5 Å². The Balaban J connectivity index is 1.21. The van der Waals surface area contributed by atoms with Gasteiger partial charge in [-0.3, -0.25) is 9.69 Å². The first kappa shape index (κ1) is 18.0. The fourth-order valence-electron chi connectivity index (χ4n) is 4.11. The zero-order valence-electron chi connectivity index (χ0n) is 16.2. The van der Waals surface area contributed by atoms with E-state index in [2.05, 4.69) is 15.2 Å². The lowest BCUT2D eigenvalue weighted by atomic mass is 9.97. The zero-order valence-corrected chi connectivity index (χ0v) is 16.2. The molecule has 2 N–H and O–H groups in total. The first-order chi connectivity index (χ1) is 14.2. The normalized spacial score (nSPS) is 19.2. The van der Waals surface area contributed by atoms with E-state index >= 15 is 0 Å². The lowest BCUT2D eigenvalue weighted by molar-refractivity contribution is -0.117. The third-order valence-corrected chi connectivity index (χ3v) is 5.49. The number of aromatic nitrogens is 2. The van der Waals surface area contributed by atoms with Crippen molar-refractivity contribution in [1.82, 2.24) is 14.9 Å². The van der Waals surface area contributed by atoms with Crippen molar-refractivity contribution in [3.8, 4) is 11.5 Å². The Kier molecular flexibility index (Phi) is 4.81. The number of fused-ring (bicyclic) bond motifs is 2. The summed E-state index contributed by atoms with van der Waals surface area (Å²) in [6, 6.07) is 13.6. The largest absolute Gasteiger partial charge is 0.486 e. The van der Waals surface area contributed by atoms with E-state index in [4.69, 9.17) is 14.5 Å². The molecule has 1 amide bonds. The Bertz CT molecular complexity index is 999. The van der Waals surface area contributed by atoms with Gasteiger partial charge in [0, 0.05) is 24.2 Å². The topological polar surface area (TPSA) is 79.5 Å². The van der Waals surface area contributed by atoms with Crippen molar-refractivity contribution < 1.29 is 14.3 Å². The molecule has 5 rings (SSSR count). The molecule has 29 heavy (non-hydrogen) atoms. The number of likely N-dealkylation sites (tertiary alicyclic amines) is 1. The molecule has 1 unspecified atom stereocenters. The fraction of sp³-hybridized carbons (Fsp3) is 0.364. The molecule has 0 saturated carbocycles. The van der Waals surface area contributed by atoms with Crippen LogP contribution in [0.3, 0.4) is 0 Å². The maximum Gasteiger partial charge on any atom is 0.238 e. The van der Waals surface area contributed by atoms with Gasteiger partial charge in [-0.15, -0.1) is 0 Å². The smallest absolute Gasteiger partial charge is 0.238 e. The molecule has 3 heterocycles. The molecule has 1 fully saturated rings. The number of rotatable bonds is 4. The minimum Gasteiger partial charge on any atom is -0.486 e. The first-order valence-corrected chi connectivity index (χ1v) is 10.1. The van der Waals surface area contributed by atoms with Crippen LogP contribution in [0.1, 0.15) is 24.6 Å². The minimum atomic E-state index is -0.0214. The molecule has 1 saturated heterocycles. The number of para-hydroxylation sites is 2. The summed E-state index contributed by atoms with van der Waals surface area (Å²) in [5.74, 6) is 2.71. The third-order valence-electron chi connectivity index (χ3n) is 5.49. The van der Waals surface area contributed by atoms with Gasteiger partial charge in [-0.2, -0.15) is 0 Å². The second-order valence-corrected chi connectivity index (χ2v) is 7.62. The maximum atomic E-state index is 12.6. The summed E-state index contributed by atoms with van der Waals surface area (Å²) in [6.07, 6.45) is 2.14. The van der Waals surface area contributed by atoms with Gasteiger partial charge in [-0.25, -0.2) is 4.98 Å². The van der Waals surface area contributed by atoms with Gasteiger partial charge in [0.2, 0.25) is 5.91 Å². The van der Waals surface area contributed by atoms with E-state index in [0.717, 1.165) is 54.2 Å². The van der Waals surface area contributed by atoms with E-state index in [0.29, 0.717) is 31.4 Å². The van der Waals surface area contributed by atoms with Crippen LogP contribution in [-0.4, -0.2) is 53.6 Å². The molecule has 150 valence electrons. The van der Waals surface area contributed by atoms with Crippen molar-refractivity contribution >= 4 is 22.6 Å². The number of ether oxygens (including phenoxy) is 2. The van der Waals surface area contributed by atoms with Crippen LogP contribution in [0.5, 0.6) is 11.5 Å². The van der Waals surface area contributed by atoms with Gasteiger partial charge in [-0.05, 0) is 43.7 Å². The van der Waals surface area contributed by atoms with E-state index in [9.17, 15) is 4.79 Å². The van der Waals surface area contributed by atoms with Crippen molar-refractivity contribution in [2.24, 2.45) is 0 Å². The first-order valence-electron chi connectivity index (χ1n) is 10.1. The number of nitrogens with zero attached hydrogens (tertiary/aromatic N) is 2. The van der Waals surface area contributed by atoms with Crippen LogP contribution >= 0.6 is 0 Å². The molecule has 2 aromatic carbocycles. The summed E-state index contributed by atoms with van der Waals surface area (Å²) < 4.78 is 11.1. The summed E-state index contributed by atoms with van der Waals surface area (Å²) in [6.45, 7) is 3.20. The second-order valence-electron chi connectivity index (χ2n) is 7.62. The van der Waals surface area contributed by atoms with Gasteiger partial charge >= 0.3 is 0 Å². The molecule has 1 aromatic heterocycles. The van der Waals surface area contributed by atoms with Crippen molar-refractivity contribution in [2.45, 2.75) is 18.8 Å². The van der Waals surface area contributed by atoms with Crippen molar-refractivity contribution in [3.63, 3.8) is 0 Å². The van der Waals surface area contributed by atoms with Crippen LogP contribution < -0.4 is 14.8 Å². The van der Waals surface area contributed by atoms with E-state index in [1.54, 1.807) is 0 Å². The fourth-order valence-corrected chi connectivity index (χ4v) is 4.11. The van der Waals surface area contributed by atoms with Crippen LogP contribution in [0.15, 0.2) is 42.5 Å². The summed E-state index contributed by atoms with van der Waals surface area (Å²) in [4.78, 5) is 23.0. The highest BCUT2D eigenvalue weighted by Crippen LogP contribution is 2.32. The quantitative estimate of drug-likeness (QED) is 0.713. The zero-order chi connectivity index (χ0) is 19.6. The standard InChI is InChI=1S/C22H24N4O3/c27-21(23-16-7-8-19-20(12-16)29-11-10-28-19)14-26-9-3-4-15(13-26)22-24-17-5-1-2-6-18(17)25-22/h1-2,5-8,12,15H,3-4,9-11,13-14H2,(H,23,27)(H,24,25). The van der Waals surface area contributed by atoms with E-state index in [1.165, 1.54) is 0 Å². The molecule has 0 aliphatic carbocycles. The average molecular weight is 392 g/mol. The van der Waals surface area contributed by atoms with E-state index in [-0.39, 0.29) is 5.91 Å². The molecule has 2 aliphatic heterocycles. The van der Waals surface area contributed by atoms with E-state index in [1.807, 2.05) is 42.5 Å². The Labute approximate surface area is 169 Å². The minimum absolute atomic E-state index is 0.0214. The molecule has 2 aliphatic rings. The molecule has 0 radical (unpaired) electrons. The molecule has 7 heteroatoms. The van der Waals surface area contributed by atoms with Crippen LogP contribution in [-0.2, 0) is 4.79 Å². The van der Waals surface area contributed by atoms with Gasteiger partial charge in [0.05, 0.1) is 17.6 Å². The highest BCUT2D eigenvalue weighted by Gasteiger charge is 2.25. The monoisotopic (exact) mass is 392 g/mol. The number of hydrogen-bond donors (Lipinski definition) is 2. The predicted octanol–water partition coefficient (Wildman–Crippen LogP) is 3.15.